The van der Waals surface area contributed by atoms with Crippen LogP contribution < -0.4 is 42.8 Å². The molecule has 0 saturated heterocycles. The second-order valence-electron chi connectivity index (χ2n) is 8.97. The van der Waals surface area contributed by atoms with Crippen LogP contribution in [0.4, 0.5) is 0 Å². The Morgan fingerprint density at radius 1 is 0.514 bits per heavy atom. The van der Waals surface area contributed by atoms with Gasteiger partial charge in [0.15, 0.2) is 14.6 Å². The summed E-state index contributed by atoms with van der Waals surface area (Å²) in [5.41, 5.74) is 18.3. The first-order valence-corrected chi connectivity index (χ1v) is 12.8. The van der Waals surface area contributed by atoms with Crippen molar-refractivity contribution in [3.05, 3.63) is 108 Å². The molecule has 37 heavy (non-hydrogen) atoms. The van der Waals surface area contributed by atoms with Gasteiger partial charge in [0.25, 0.3) is 0 Å². The number of rotatable bonds is 14. The minimum Gasteiger partial charge on any atom is -0.493 e. The molecule has 0 heterocycles. The Balaban J connectivity index is 1.25. The van der Waals surface area contributed by atoms with Crippen molar-refractivity contribution in [3.63, 3.8) is 0 Å². The Labute approximate surface area is 221 Å². The first kappa shape index (κ1) is 26.6. The van der Waals surface area contributed by atoms with Crippen molar-refractivity contribution < 1.29 is 14.2 Å². The van der Waals surface area contributed by atoms with Crippen molar-refractivity contribution in [2.45, 2.75) is 13.2 Å². The molecule has 4 rings (SSSR count). The van der Waals surface area contributed by atoms with E-state index in [0.717, 1.165) is 48.1 Å². The normalized spacial score (nSPS) is 10.6. The van der Waals surface area contributed by atoms with Gasteiger partial charge in [-0.15, -0.1) is 0 Å². The quantitative estimate of drug-likeness (QED) is 0.256. The monoisotopic (exact) mass is 492 g/mol. The average molecular weight is 492 g/mol. The molecule has 0 aliphatic carbocycles. The number of ether oxygens (including phenoxy) is 3. The molecular weight excluding hydrogens is 458 g/mol. The van der Waals surface area contributed by atoms with E-state index in [1.165, 1.54) is 10.9 Å². The van der Waals surface area contributed by atoms with Crippen LogP contribution in [0.25, 0.3) is 0 Å². The summed E-state index contributed by atoms with van der Waals surface area (Å²) in [6, 6.07) is 33.4. The lowest BCUT2D eigenvalue weighted by molar-refractivity contribution is 0.107. The van der Waals surface area contributed by atoms with Gasteiger partial charge in [-0.05, 0) is 34.2 Å². The summed E-state index contributed by atoms with van der Waals surface area (Å²) in [4.78, 5) is 0. The Kier molecular flexibility index (Phi) is 10.3. The maximum Gasteiger partial charge on any atom is 0.197 e. The molecule has 0 amide bonds. The van der Waals surface area contributed by atoms with E-state index in [4.69, 9.17) is 25.7 Å². The van der Waals surface area contributed by atoms with Gasteiger partial charge < -0.3 is 25.7 Å². The molecule has 0 aromatic heterocycles. The summed E-state index contributed by atoms with van der Waals surface area (Å²) in [7, 11) is 1.63. The Morgan fingerprint density at radius 3 is 1.32 bits per heavy atom. The van der Waals surface area contributed by atoms with E-state index in [1.807, 2.05) is 36.4 Å². The van der Waals surface area contributed by atoms with Crippen LogP contribution in [-0.4, -0.2) is 40.9 Å². The molecule has 0 aliphatic rings. The van der Waals surface area contributed by atoms with Gasteiger partial charge in [0, 0.05) is 13.1 Å². The van der Waals surface area contributed by atoms with Gasteiger partial charge in [0.2, 0.25) is 0 Å². The molecule has 0 saturated carbocycles. The predicted octanol–water partition coefficient (Wildman–Crippen LogP) is 0.853. The predicted molar refractivity (Wildman–Crippen MR) is 156 cm³/mol. The van der Waals surface area contributed by atoms with Gasteiger partial charge in [-0.3, -0.25) is 0 Å². The fourth-order valence-corrected chi connectivity index (χ4v) is 4.15. The molecule has 0 bridgehead atoms. The summed E-state index contributed by atoms with van der Waals surface area (Å²) >= 11 is 0. The maximum atomic E-state index is 5.99. The lowest BCUT2D eigenvalue weighted by atomic mass is 9.63. The Morgan fingerprint density at radius 2 is 0.919 bits per heavy atom. The molecule has 0 radical (unpaired) electrons. The van der Waals surface area contributed by atoms with Gasteiger partial charge in [-0.1, -0.05) is 95.9 Å². The summed E-state index contributed by atoms with van der Waals surface area (Å²) in [6.45, 7) is 3.20. The largest absolute Gasteiger partial charge is 0.493 e. The SMILES string of the molecule is NCCOc1ccccc1Bc1ccc(COCc2ccc(Bc3ccccc3OCCN)cc2)cc1. The van der Waals surface area contributed by atoms with Crippen molar-refractivity contribution >= 4 is 36.4 Å². The topological polar surface area (TPSA) is 79.7 Å². The van der Waals surface area contributed by atoms with Gasteiger partial charge in [0.1, 0.15) is 24.7 Å². The van der Waals surface area contributed by atoms with Crippen LogP contribution in [0.1, 0.15) is 11.1 Å². The van der Waals surface area contributed by atoms with Crippen LogP contribution in [0.5, 0.6) is 11.5 Å². The van der Waals surface area contributed by atoms with Crippen molar-refractivity contribution in [2.24, 2.45) is 11.5 Å². The number of hydrogen-bond donors (Lipinski definition) is 2. The second kappa shape index (κ2) is 14.3. The van der Waals surface area contributed by atoms with Crippen molar-refractivity contribution in [1.29, 1.82) is 0 Å². The number of hydrogen-bond acceptors (Lipinski definition) is 5. The zero-order chi connectivity index (χ0) is 25.7. The molecule has 188 valence electrons. The molecule has 4 aromatic rings. The molecule has 0 atom stereocenters. The molecule has 5 nitrogen and oxygen atoms in total. The van der Waals surface area contributed by atoms with Crippen LogP contribution >= 0.6 is 0 Å². The van der Waals surface area contributed by atoms with Crippen molar-refractivity contribution in [2.75, 3.05) is 26.3 Å². The maximum absolute atomic E-state index is 5.99. The van der Waals surface area contributed by atoms with Crippen LogP contribution in [0.2, 0.25) is 0 Å². The molecule has 4 N–H and O–H groups in total. The smallest absolute Gasteiger partial charge is 0.197 e. The Bertz CT molecular complexity index is 1140. The average Bonchev–Trinajstić information content (AvgIpc) is 2.94. The standard InChI is InChI=1S/C30H34B2N2O3/c33-17-19-36-29-7-3-1-5-27(29)31-25-13-9-23(10-14-25)21-35-22-24-11-15-26(16-12-24)32-28-6-2-4-8-30(28)37-20-18-34/h1-16,31-32H,17-22,33-34H2. The van der Waals surface area contributed by atoms with E-state index >= 15 is 0 Å². The first-order valence-electron chi connectivity index (χ1n) is 12.8. The fraction of sp³-hybridized carbons (Fsp3) is 0.200. The summed E-state index contributed by atoms with van der Waals surface area (Å²) in [5.74, 6) is 1.80. The van der Waals surface area contributed by atoms with Crippen LogP contribution in [0.3, 0.4) is 0 Å². The van der Waals surface area contributed by atoms with E-state index in [-0.39, 0.29) is 0 Å². The van der Waals surface area contributed by atoms with Gasteiger partial charge in [-0.2, -0.15) is 0 Å². The van der Waals surface area contributed by atoms with E-state index in [0.29, 0.717) is 39.5 Å². The first-order chi connectivity index (χ1) is 18.2. The highest BCUT2D eigenvalue weighted by Gasteiger charge is 2.08. The number of nitrogens with two attached hydrogens (primary N) is 2. The molecule has 7 heteroatoms. The van der Waals surface area contributed by atoms with E-state index in [2.05, 4.69) is 60.7 Å². The van der Waals surface area contributed by atoms with Crippen molar-refractivity contribution in [3.8, 4) is 11.5 Å². The number of benzene rings is 4. The minimum atomic E-state index is 0.507. The van der Waals surface area contributed by atoms with Gasteiger partial charge in [0.05, 0.1) is 13.2 Å². The third kappa shape index (κ3) is 8.25. The van der Waals surface area contributed by atoms with E-state index in [1.54, 1.807) is 0 Å². The zero-order valence-corrected chi connectivity index (χ0v) is 21.3. The molecular formula is C30H34B2N2O3. The van der Waals surface area contributed by atoms with Gasteiger partial charge >= 0.3 is 0 Å². The van der Waals surface area contributed by atoms with Crippen LogP contribution in [0.15, 0.2) is 97.1 Å². The summed E-state index contributed by atoms with van der Waals surface area (Å²) in [6.07, 6.45) is 0. The minimum absolute atomic E-state index is 0.507. The van der Waals surface area contributed by atoms with Crippen LogP contribution in [-0.2, 0) is 18.0 Å². The molecule has 0 spiro atoms. The highest BCUT2D eigenvalue weighted by atomic mass is 16.5. The highest BCUT2D eigenvalue weighted by molar-refractivity contribution is 6.68. The molecule has 4 aromatic carbocycles. The lowest BCUT2D eigenvalue weighted by Crippen LogP contribution is -2.29. The molecule has 0 fully saturated rings. The third-order valence-electron chi connectivity index (χ3n) is 6.07. The highest BCUT2D eigenvalue weighted by Crippen LogP contribution is 2.08. The third-order valence-corrected chi connectivity index (χ3v) is 6.07. The van der Waals surface area contributed by atoms with Crippen LogP contribution in [0, 0.1) is 0 Å². The fourth-order valence-electron chi connectivity index (χ4n) is 4.15. The lowest BCUT2D eigenvalue weighted by Gasteiger charge is -2.11. The zero-order valence-electron chi connectivity index (χ0n) is 21.3. The molecule has 0 unspecified atom stereocenters. The summed E-state index contributed by atoms with van der Waals surface area (Å²) in [5, 5.41) is 0. The van der Waals surface area contributed by atoms with E-state index in [9.17, 15) is 0 Å². The number of para-hydroxylation sites is 2. The second-order valence-corrected chi connectivity index (χ2v) is 8.97. The van der Waals surface area contributed by atoms with Crippen molar-refractivity contribution in [1.82, 2.24) is 0 Å². The Hall–Kier alpha value is -3.51. The molecule has 0 aliphatic heterocycles. The summed E-state index contributed by atoms with van der Waals surface area (Å²) < 4.78 is 17.5. The van der Waals surface area contributed by atoms with E-state index < -0.39 is 0 Å². The van der Waals surface area contributed by atoms with Gasteiger partial charge in [-0.25, -0.2) is 0 Å².